The molecule has 0 aliphatic heterocycles. The summed E-state index contributed by atoms with van der Waals surface area (Å²) in [4.78, 5) is 63.9. The average molecular weight is 704 g/mol. The zero-order chi connectivity index (χ0) is 37.6. The van der Waals surface area contributed by atoms with E-state index >= 15 is 0 Å². The maximum absolute atomic E-state index is 13.6. The number of phenolic OH excluding ortho intramolecular Hbond substituents is 1. The average Bonchev–Trinajstić information content (AvgIpc) is 3.02. The fraction of sp³-hybridized carbons (Fsp3) is 0.737. The van der Waals surface area contributed by atoms with E-state index in [9.17, 15) is 34.4 Å². The highest BCUT2D eigenvalue weighted by Gasteiger charge is 2.31. The van der Waals surface area contributed by atoms with Crippen molar-refractivity contribution in [2.24, 2.45) is 17.8 Å². The number of aromatic hydroxyl groups is 1. The Morgan fingerprint density at radius 3 is 1.58 bits per heavy atom. The number of nitro benzene ring substituents is 1. The van der Waals surface area contributed by atoms with E-state index in [1.165, 1.54) is 44.9 Å². The van der Waals surface area contributed by atoms with E-state index in [-0.39, 0.29) is 53.5 Å². The number of nitrogens with zero attached hydrogens (tertiary/aromatic N) is 1. The molecule has 284 valence electrons. The van der Waals surface area contributed by atoms with E-state index in [1.807, 2.05) is 41.5 Å². The minimum Gasteiger partial charge on any atom is -0.508 e. The SMILES string of the molecule is CCCCCCCCCCCCNC(=O)[C@H](CC(C)C)NC(=O)[C@H](CC(C)C)NC(=O)[C@H](CC(C)C)NC(=O)Cc1cc([N+](=O)[O-])ccc1O. The molecule has 1 rings (SSSR count). The molecule has 0 saturated carbocycles. The van der Waals surface area contributed by atoms with Crippen LogP contribution in [-0.2, 0) is 25.6 Å². The number of unbranched alkanes of at least 4 members (excludes halogenated alkanes) is 9. The van der Waals surface area contributed by atoms with Gasteiger partial charge in [-0.05, 0) is 49.5 Å². The van der Waals surface area contributed by atoms with Gasteiger partial charge in [0.2, 0.25) is 23.6 Å². The highest BCUT2D eigenvalue weighted by molar-refractivity contribution is 5.94. The maximum atomic E-state index is 13.6. The Morgan fingerprint density at radius 2 is 1.12 bits per heavy atom. The first-order chi connectivity index (χ1) is 23.6. The van der Waals surface area contributed by atoms with E-state index < -0.39 is 40.8 Å². The molecule has 0 aromatic heterocycles. The quantitative estimate of drug-likeness (QED) is 0.0416. The lowest BCUT2D eigenvalue weighted by atomic mass is 9.98. The molecule has 0 aliphatic carbocycles. The van der Waals surface area contributed by atoms with Crippen LogP contribution in [0.3, 0.4) is 0 Å². The topological polar surface area (TPSA) is 180 Å². The maximum Gasteiger partial charge on any atom is 0.269 e. The van der Waals surface area contributed by atoms with Crippen LogP contribution in [0.5, 0.6) is 5.75 Å². The predicted octanol–water partition coefficient (Wildman–Crippen LogP) is 6.47. The lowest BCUT2D eigenvalue weighted by molar-refractivity contribution is -0.384. The highest BCUT2D eigenvalue weighted by atomic mass is 16.6. The Hall–Kier alpha value is -3.70. The number of benzene rings is 1. The Kier molecular flexibility index (Phi) is 21.7. The molecule has 4 amide bonds. The van der Waals surface area contributed by atoms with Crippen molar-refractivity contribution in [3.8, 4) is 5.75 Å². The molecule has 0 spiro atoms. The Labute approximate surface area is 299 Å². The Balaban J connectivity index is 2.86. The molecule has 0 unspecified atom stereocenters. The van der Waals surface area contributed by atoms with Crippen molar-refractivity contribution in [3.05, 3.63) is 33.9 Å². The van der Waals surface area contributed by atoms with Crippen molar-refractivity contribution in [2.75, 3.05) is 6.54 Å². The van der Waals surface area contributed by atoms with Crippen LogP contribution >= 0.6 is 0 Å². The first kappa shape index (κ1) is 44.3. The van der Waals surface area contributed by atoms with Gasteiger partial charge in [0.25, 0.3) is 5.69 Å². The van der Waals surface area contributed by atoms with Crippen molar-refractivity contribution in [1.82, 2.24) is 21.3 Å². The van der Waals surface area contributed by atoms with Crippen LogP contribution in [-0.4, -0.2) is 58.3 Å². The number of carbonyl (C=O) groups is 4. The third kappa shape index (κ3) is 18.9. The lowest BCUT2D eigenvalue weighted by Gasteiger charge is -2.27. The van der Waals surface area contributed by atoms with E-state index in [0.29, 0.717) is 19.4 Å². The zero-order valence-corrected chi connectivity index (χ0v) is 31.6. The number of nitro groups is 1. The number of hydrogen-bond acceptors (Lipinski definition) is 7. The third-order valence-electron chi connectivity index (χ3n) is 8.49. The second kappa shape index (κ2) is 24.4. The summed E-state index contributed by atoms with van der Waals surface area (Å²) in [6.07, 6.45) is 12.6. The molecule has 5 N–H and O–H groups in total. The van der Waals surface area contributed by atoms with Crippen molar-refractivity contribution >= 4 is 29.3 Å². The van der Waals surface area contributed by atoms with Gasteiger partial charge in [-0.15, -0.1) is 0 Å². The van der Waals surface area contributed by atoms with Crippen LogP contribution in [0.4, 0.5) is 5.69 Å². The summed E-state index contributed by atoms with van der Waals surface area (Å²) in [6.45, 7) is 14.4. The Morgan fingerprint density at radius 1 is 0.680 bits per heavy atom. The fourth-order valence-corrected chi connectivity index (χ4v) is 5.85. The first-order valence-corrected chi connectivity index (χ1v) is 18.8. The van der Waals surface area contributed by atoms with Crippen LogP contribution in [0.15, 0.2) is 18.2 Å². The molecule has 1 aromatic rings. The summed E-state index contributed by atoms with van der Waals surface area (Å²) >= 11 is 0. The Bertz CT molecular complexity index is 1200. The summed E-state index contributed by atoms with van der Waals surface area (Å²) in [5.74, 6) is -1.97. The van der Waals surface area contributed by atoms with Gasteiger partial charge in [0.05, 0.1) is 11.3 Å². The molecule has 0 saturated heterocycles. The van der Waals surface area contributed by atoms with Gasteiger partial charge < -0.3 is 26.4 Å². The molecule has 0 aliphatic rings. The van der Waals surface area contributed by atoms with Crippen molar-refractivity contribution in [1.29, 1.82) is 0 Å². The van der Waals surface area contributed by atoms with Gasteiger partial charge in [0.1, 0.15) is 23.9 Å². The van der Waals surface area contributed by atoms with Gasteiger partial charge in [-0.3, -0.25) is 29.3 Å². The summed E-state index contributed by atoms with van der Waals surface area (Å²) in [6, 6.07) is 0.710. The molecule has 0 radical (unpaired) electrons. The molecule has 3 atom stereocenters. The standard InChI is InChI=1S/C38H65N5O7/c1-8-9-10-11-12-13-14-15-16-17-20-39-36(46)31(21-26(2)3)41-38(48)33(23-28(6)7)42-37(47)32(22-27(4)5)40-35(45)25-29-24-30(43(49)50)18-19-34(29)44/h18-19,24,26-28,31-33,44H,8-17,20-23,25H2,1-7H3,(H,39,46)(H,40,45)(H,41,48)(H,42,47)/t31-,32-,33-/m0/s1. The molecular weight excluding hydrogens is 638 g/mol. The van der Waals surface area contributed by atoms with E-state index in [1.54, 1.807) is 0 Å². The van der Waals surface area contributed by atoms with Crippen molar-refractivity contribution < 1.29 is 29.2 Å². The number of rotatable bonds is 26. The number of phenols is 1. The largest absolute Gasteiger partial charge is 0.508 e. The highest BCUT2D eigenvalue weighted by Crippen LogP contribution is 2.23. The normalized spacial score (nSPS) is 13.2. The summed E-state index contributed by atoms with van der Waals surface area (Å²) < 4.78 is 0. The van der Waals surface area contributed by atoms with E-state index in [0.717, 1.165) is 37.5 Å². The molecule has 50 heavy (non-hydrogen) atoms. The van der Waals surface area contributed by atoms with Gasteiger partial charge in [-0.2, -0.15) is 0 Å². The number of non-ortho nitro benzene ring substituents is 1. The number of nitrogens with one attached hydrogen (secondary N) is 4. The van der Waals surface area contributed by atoms with Crippen molar-refractivity contribution in [3.63, 3.8) is 0 Å². The van der Waals surface area contributed by atoms with Gasteiger partial charge >= 0.3 is 0 Å². The first-order valence-electron chi connectivity index (χ1n) is 18.8. The minimum atomic E-state index is -0.998. The van der Waals surface area contributed by atoms with Crippen LogP contribution in [0.1, 0.15) is 138 Å². The van der Waals surface area contributed by atoms with Crippen LogP contribution in [0.2, 0.25) is 0 Å². The smallest absolute Gasteiger partial charge is 0.269 e. The zero-order valence-electron chi connectivity index (χ0n) is 31.6. The molecule has 0 heterocycles. The van der Waals surface area contributed by atoms with Gasteiger partial charge in [0.15, 0.2) is 0 Å². The summed E-state index contributed by atoms with van der Waals surface area (Å²) in [7, 11) is 0. The van der Waals surface area contributed by atoms with Crippen molar-refractivity contribution in [2.45, 2.75) is 156 Å². The van der Waals surface area contributed by atoms with Gasteiger partial charge in [-0.1, -0.05) is 106 Å². The lowest BCUT2D eigenvalue weighted by Crippen LogP contribution is -2.57. The molecule has 1 aromatic carbocycles. The van der Waals surface area contributed by atoms with Crippen LogP contribution in [0.25, 0.3) is 0 Å². The number of amides is 4. The van der Waals surface area contributed by atoms with Gasteiger partial charge in [-0.25, -0.2) is 0 Å². The van der Waals surface area contributed by atoms with Gasteiger partial charge in [0, 0.05) is 24.2 Å². The van der Waals surface area contributed by atoms with E-state index in [4.69, 9.17) is 0 Å². The molecule has 0 fully saturated rings. The van der Waals surface area contributed by atoms with Crippen LogP contribution < -0.4 is 21.3 Å². The molecule has 12 nitrogen and oxygen atoms in total. The summed E-state index contributed by atoms with van der Waals surface area (Å²) in [5, 5.41) is 32.7. The minimum absolute atomic E-state index is 0.00399. The number of carbonyl (C=O) groups excluding carboxylic acids is 4. The molecule has 0 bridgehead atoms. The second-order valence-electron chi connectivity index (χ2n) is 14.9. The monoisotopic (exact) mass is 703 g/mol. The van der Waals surface area contributed by atoms with Crippen LogP contribution in [0, 0.1) is 27.9 Å². The number of hydrogen-bond donors (Lipinski definition) is 5. The molecule has 12 heteroatoms. The van der Waals surface area contributed by atoms with E-state index in [2.05, 4.69) is 28.2 Å². The second-order valence-corrected chi connectivity index (χ2v) is 14.9. The summed E-state index contributed by atoms with van der Waals surface area (Å²) in [5.41, 5.74) is -0.215. The third-order valence-corrected chi connectivity index (χ3v) is 8.49. The molecular formula is C38H65N5O7. The fourth-order valence-electron chi connectivity index (χ4n) is 5.85. The predicted molar refractivity (Wildman–Crippen MR) is 197 cm³/mol.